The van der Waals surface area contributed by atoms with Crippen LogP contribution < -0.4 is 5.32 Å². The first kappa shape index (κ1) is 54.8. The number of aliphatic hydroxyl groups is 2. The molecule has 2 atom stereocenters. The summed E-state index contributed by atoms with van der Waals surface area (Å²) in [7, 11) is 0. The Hall–Kier alpha value is -2.17. The number of amides is 1. The van der Waals surface area contributed by atoms with Gasteiger partial charge in [0.25, 0.3) is 0 Å². The summed E-state index contributed by atoms with van der Waals surface area (Å²) in [6.45, 7) is 4.19. The van der Waals surface area contributed by atoms with Crippen LogP contribution in [0.25, 0.3) is 0 Å². The van der Waals surface area contributed by atoms with E-state index < -0.39 is 12.1 Å². The quantitative estimate of drug-likeness (QED) is 0.0425. The van der Waals surface area contributed by atoms with E-state index in [4.69, 9.17) is 0 Å². The number of carbonyl (C=O) groups is 1. The number of rotatable bonds is 44. The molecule has 0 heterocycles. The second-order valence-electron chi connectivity index (χ2n) is 16.5. The highest BCUT2D eigenvalue weighted by Gasteiger charge is 2.17. The van der Waals surface area contributed by atoms with Crippen molar-refractivity contribution in [2.75, 3.05) is 6.61 Å². The molecule has 0 spiro atoms. The van der Waals surface area contributed by atoms with Gasteiger partial charge in [-0.05, 0) is 70.6 Å². The highest BCUT2D eigenvalue weighted by Crippen LogP contribution is 2.15. The van der Waals surface area contributed by atoms with Crippen LogP contribution in [0.2, 0.25) is 0 Å². The number of hydrogen-bond acceptors (Lipinski definition) is 3. The molecular formula is C53H95NO3. The molecule has 0 aliphatic rings. The molecule has 0 fully saturated rings. The van der Waals surface area contributed by atoms with Crippen molar-refractivity contribution in [2.24, 2.45) is 0 Å². The van der Waals surface area contributed by atoms with Gasteiger partial charge in [-0.3, -0.25) is 4.79 Å². The third kappa shape index (κ3) is 44.8. The average Bonchev–Trinajstić information content (AvgIpc) is 3.22. The van der Waals surface area contributed by atoms with Gasteiger partial charge in [0.05, 0.1) is 18.8 Å². The summed E-state index contributed by atoms with van der Waals surface area (Å²) in [4.78, 5) is 12.4. The Balaban J connectivity index is 3.59. The molecule has 0 aliphatic carbocycles. The molecule has 0 aromatic rings. The maximum absolute atomic E-state index is 12.4. The van der Waals surface area contributed by atoms with E-state index in [0.29, 0.717) is 6.42 Å². The van der Waals surface area contributed by atoms with Crippen molar-refractivity contribution < 1.29 is 15.0 Å². The topological polar surface area (TPSA) is 69.6 Å². The van der Waals surface area contributed by atoms with E-state index in [1.807, 2.05) is 6.08 Å². The molecule has 0 aromatic heterocycles. The van der Waals surface area contributed by atoms with Gasteiger partial charge < -0.3 is 15.5 Å². The Morgan fingerprint density at radius 3 is 1.23 bits per heavy atom. The maximum Gasteiger partial charge on any atom is 0.220 e. The predicted octanol–water partition coefficient (Wildman–Crippen LogP) is 15.9. The molecule has 2 unspecified atom stereocenters. The number of nitrogens with one attached hydrogen (secondary N) is 1. The first-order chi connectivity index (χ1) is 28.2. The summed E-state index contributed by atoms with van der Waals surface area (Å²) in [5.74, 6) is -0.0774. The van der Waals surface area contributed by atoms with Crippen LogP contribution in [-0.4, -0.2) is 34.9 Å². The van der Waals surface area contributed by atoms with E-state index in [0.717, 1.165) is 57.8 Å². The highest BCUT2D eigenvalue weighted by atomic mass is 16.3. The van der Waals surface area contributed by atoms with E-state index in [-0.39, 0.29) is 12.5 Å². The van der Waals surface area contributed by atoms with Crippen LogP contribution in [0, 0.1) is 0 Å². The van der Waals surface area contributed by atoms with Crippen LogP contribution >= 0.6 is 0 Å². The molecular weight excluding hydrogens is 699 g/mol. The van der Waals surface area contributed by atoms with Gasteiger partial charge in [0, 0.05) is 6.42 Å². The summed E-state index contributed by atoms with van der Waals surface area (Å²) in [5, 5.41) is 23.1. The lowest BCUT2D eigenvalue weighted by Gasteiger charge is -2.19. The summed E-state index contributed by atoms with van der Waals surface area (Å²) < 4.78 is 0. The fourth-order valence-electron chi connectivity index (χ4n) is 7.19. The minimum absolute atomic E-state index is 0.0774. The molecule has 0 radical (unpaired) electrons. The predicted molar refractivity (Wildman–Crippen MR) is 253 cm³/mol. The molecule has 0 rings (SSSR count). The van der Waals surface area contributed by atoms with E-state index in [1.165, 1.54) is 161 Å². The third-order valence-electron chi connectivity index (χ3n) is 10.9. The molecule has 3 N–H and O–H groups in total. The number of allylic oxidation sites excluding steroid dienone is 11. The lowest BCUT2D eigenvalue weighted by molar-refractivity contribution is -0.123. The molecule has 0 aliphatic heterocycles. The van der Waals surface area contributed by atoms with Crippen molar-refractivity contribution in [2.45, 2.75) is 251 Å². The van der Waals surface area contributed by atoms with Crippen LogP contribution in [-0.2, 0) is 4.79 Å². The summed E-state index contributed by atoms with van der Waals surface area (Å²) in [6.07, 6.45) is 68.9. The largest absolute Gasteiger partial charge is 0.394 e. The van der Waals surface area contributed by atoms with Crippen molar-refractivity contribution in [1.82, 2.24) is 5.32 Å². The molecule has 0 saturated heterocycles. The Labute approximate surface area is 355 Å². The number of carbonyl (C=O) groups excluding carboxylic acids is 1. The van der Waals surface area contributed by atoms with Crippen LogP contribution in [0.1, 0.15) is 239 Å². The van der Waals surface area contributed by atoms with Gasteiger partial charge in [0.1, 0.15) is 0 Å². The van der Waals surface area contributed by atoms with E-state index in [9.17, 15) is 15.0 Å². The van der Waals surface area contributed by atoms with Gasteiger partial charge in [-0.1, -0.05) is 234 Å². The lowest BCUT2D eigenvalue weighted by atomic mass is 10.0. The molecule has 0 saturated carbocycles. The summed E-state index contributed by atoms with van der Waals surface area (Å²) >= 11 is 0. The zero-order chi connectivity index (χ0) is 41.4. The fraction of sp³-hybridized carbons (Fsp3) is 0.755. The minimum Gasteiger partial charge on any atom is -0.394 e. The zero-order valence-corrected chi connectivity index (χ0v) is 37.8. The average molecular weight is 794 g/mol. The van der Waals surface area contributed by atoms with Gasteiger partial charge in [-0.25, -0.2) is 0 Å². The second kappa shape index (κ2) is 48.2. The standard InChI is InChI=1S/C53H95NO3/c1-3-5-7-9-11-13-15-17-19-21-23-25-26-27-28-29-31-33-35-37-39-41-43-45-47-49-53(57)54-51(50-55)52(56)48-46-44-42-40-38-36-34-32-30-24-22-20-18-16-14-12-10-8-6-4-2/h5,7,11,13,17,19,23,25,38,40,46,48,51-52,55-56H,3-4,6,8-10,12,14-16,18,20-22,24,26-37,39,41-45,47,49-50H2,1-2H3,(H,54,57)/b7-5-,13-11-,19-17-,25-23-,40-38+,48-46+. The molecule has 330 valence electrons. The van der Waals surface area contributed by atoms with Gasteiger partial charge in [0.2, 0.25) is 5.91 Å². The van der Waals surface area contributed by atoms with Crippen LogP contribution in [0.15, 0.2) is 72.9 Å². The number of unbranched alkanes of at least 4 members (excludes halogenated alkanes) is 27. The first-order valence-corrected chi connectivity index (χ1v) is 24.7. The molecule has 1 amide bonds. The van der Waals surface area contributed by atoms with Gasteiger partial charge in [-0.2, -0.15) is 0 Å². The van der Waals surface area contributed by atoms with Crippen molar-refractivity contribution in [3.63, 3.8) is 0 Å². The molecule has 0 bridgehead atoms. The smallest absolute Gasteiger partial charge is 0.220 e. The van der Waals surface area contributed by atoms with Crippen molar-refractivity contribution >= 4 is 5.91 Å². The SMILES string of the molecule is CC/C=C\C/C=C\C/C=C\C/C=C\CCCCCCCCCCCCCCC(=O)NC(CO)C(O)/C=C/CC/C=C/CCCCCCCCCCCCCCCC. The Kier molecular flexibility index (Phi) is 46.4. The van der Waals surface area contributed by atoms with Gasteiger partial charge in [0.15, 0.2) is 0 Å². The zero-order valence-electron chi connectivity index (χ0n) is 37.8. The van der Waals surface area contributed by atoms with E-state index in [1.54, 1.807) is 6.08 Å². The Bertz CT molecular complexity index is 992. The third-order valence-corrected chi connectivity index (χ3v) is 10.9. The van der Waals surface area contributed by atoms with Crippen molar-refractivity contribution in [1.29, 1.82) is 0 Å². The second-order valence-corrected chi connectivity index (χ2v) is 16.5. The van der Waals surface area contributed by atoms with Crippen LogP contribution in [0.3, 0.4) is 0 Å². The monoisotopic (exact) mass is 794 g/mol. The molecule has 4 nitrogen and oxygen atoms in total. The number of hydrogen-bond donors (Lipinski definition) is 3. The van der Waals surface area contributed by atoms with Gasteiger partial charge in [-0.15, -0.1) is 0 Å². The lowest BCUT2D eigenvalue weighted by Crippen LogP contribution is -2.45. The number of aliphatic hydroxyl groups excluding tert-OH is 2. The van der Waals surface area contributed by atoms with Crippen LogP contribution in [0.5, 0.6) is 0 Å². The molecule has 0 aromatic carbocycles. The van der Waals surface area contributed by atoms with Crippen LogP contribution in [0.4, 0.5) is 0 Å². The van der Waals surface area contributed by atoms with E-state index >= 15 is 0 Å². The minimum atomic E-state index is -0.866. The maximum atomic E-state index is 12.4. The summed E-state index contributed by atoms with van der Waals surface area (Å²) in [5.41, 5.74) is 0. The molecule has 57 heavy (non-hydrogen) atoms. The highest BCUT2D eigenvalue weighted by molar-refractivity contribution is 5.76. The Morgan fingerprint density at radius 2 is 0.789 bits per heavy atom. The summed E-state index contributed by atoms with van der Waals surface area (Å²) in [6, 6.07) is -0.643. The molecule has 4 heteroatoms. The van der Waals surface area contributed by atoms with Crippen molar-refractivity contribution in [3.8, 4) is 0 Å². The fourth-order valence-corrected chi connectivity index (χ4v) is 7.19. The Morgan fingerprint density at radius 1 is 0.439 bits per heavy atom. The normalized spacial score (nSPS) is 13.5. The van der Waals surface area contributed by atoms with Gasteiger partial charge >= 0.3 is 0 Å². The van der Waals surface area contributed by atoms with Crippen molar-refractivity contribution in [3.05, 3.63) is 72.9 Å². The first-order valence-electron chi connectivity index (χ1n) is 24.7. The van der Waals surface area contributed by atoms with E-state index in [2.05, 4.69) is 79.9 Å².